The molecule has 2 heterocycles. The van der Waals surface area contributed by atoms with Gasteiger partial charge in [-0.2, -0.15) is 0 Å². The van der Waals surface area contributed by atoms with Crippen LogP contribution in [0.15, 0.2) is 53.0 Å². The lowest BCUT2D eigenvalue weighted by Gasteiger charge is -2.43. The third-order valence-electron chi connectivity index (χ3n) is 4.59. The lowest BCUT2D eigenvalue weighted by molar-refractivity contribution is -0.0381. The quantitative estimate of drug-likeness (QED) is 0.779. The monoisotopic (exact) mass is 343 g/mol. The summed E-state index contributed by atoms with van der Waals surface area (Å²) in [6.07, 6.45) is 2.57. The molecule has 2 nitrogen and oxygen atoms in total. The van der Waals surface area contributed by atoms with Crippen LogP contribution in [0.3, 0.4) is 0 Å². The topological polar surface area (TPSA) is 21.3 Å². The maximum atomic E-state index is 6.15. The SMILES string of the molecule is Brc1ccc2c(c1)[C@@H]1OCCC[C@@H]1[C@H](c1ccccc1)N2. The molecule has 0 aliphatic carbocycles. The van der Waals surface area contributed by atoms with Crippen molar-refractivity contribution in [2.24, 2.45) is 5.92 Å². The standard InChI is InChI=1S/C18H18BrNO/c19-13-8-9-16-15(11-13)18-14(7-4-10-21-18)17(20-16)12-5-2-1-3-6-12/h1-3,5-6,8-9,11,14,17-18,20H,4,7,10H2/t14-,17+,18-/m1/s1. The van der Waals surface area contributed by atoms with E-state index in [0.717, 1.165) is 17.5 Å². The number of halogens is 1. The molecule has 108 valence electrons. The lowest BCUT2D eigenvalue weighted by atomic mass is 9.77. The van der Waals surface area contributed by atoms with E-state index in [0.29, 0.717) is 12.0 Å². The molecule has 0 unspecified atom stereocenters. The Morgan fingerprint density at radius 2 is 1.95 bits per heavy atom. The van der Waals surface area contributed by atoms with Crippen molar-refractivity contribution in [2.45, 2.75) is 25.0 Å². The number of anilines is 1. The molecule has 2 aromatic rings. The van der Waals surface area contributed by atoms with Gasteiger partial charge >= 0.3 is 0 Å². The molecule has 1 N–H and O–H groups in total. The molecule has 21 heavy (non-hydrogen) atoms. The number of ether oxygens (including phenoxy) is 1. The van der Waals surface area contributed by atoms with Crippen molar-refractivity contribution < 1.29 is 4.74 Å². The Morgan fingerprint density at radius 1 is 1.10 bits per heavy atom. The average Bonchev–Trinajstić information content (AvgIpc) is 2.55. The van der Waals surface area contributed by atoms with Gasteiger partial charge in [0.1, 0.15) is 0 Å². The summed E-state index contributed by atoms with van der Waals surface area (Å²) < 4.78 is 7.27. The largest absolute Gasteiger partial charge is 0.378 e. The van der Waals surface area contributed by atoms with Gasteiger partial charge in [0.15, 0.2) is 0 Å². The van der Waals surface area contributed by atoms with Crippen LogP contribution in [-0.4, -0.2) is 6.61 Å². The fourth-order valence-corrected chi connectivity index (χ4v) is 4.01. The van der Waals surface area contributed by atoms with Crippen LogP contribution in [0, 0.1) is 5.92 Å². The van der Waals surface area contributed by atoms with Crippen LogP contribution in [0.5, 0.6) is 0 Å². The van der Waals surface area contributed by atoms with Crippen LogP contribution in [0.1, 0.15) is 36.1 Å². The zero-order chi connectivity index (χ0) is 14.2. The second kappa shape index (κ2) is 5.47. The number of nitrogens with one attached hydrogen (secondary N) is 1. The van der Waals surface area contributed by atoms with E-state index >= 15 is 0 Å². The third kappa shape index (κ3) is 2.39. The first kappa shape index (κ1) is 13.4. The molecule has 3 heteroatoms. The van der Waals surface area contributed by atoms with Crippen LogP contribution in [-0.2, 0) is 4.74 Å². The fourth-order valence-electron chi connectivity index (χ4n) is 3.63. The second-order valence-electron chi connectivity index (χ2n) is 5.86. The normalized spacial score (nSPS) is 27.4. The summed E-state index contributed by atoms with van der Waals surface area (Å²) in [5.74, 6) is 0.503. The van der Waals surface area contributed by atoms with Crippen molar-refractivity contribution >= 4 is 21.6 Å². The average molecular weight is 344 g/mol. The van der Waals surface area contributed by atoms with Gasteiger partial charge in [0, 0.05) is 28.2 Å². The van der Waals surface area contributed by atoms with E-state index in [1.807, 2.05) is 0 Å². The zero-order valence-electron chi connectivity index (χ0n) is 11.8. The highest BCUT2D eigenvalue weighted by atomic mass is 79.9. The molecule has 1 fully saturated rings. The molecule has 0 spiro atoms. The molecule has 0 saturated carbocycles. The Hall–Kier alpha value is -1.32. The Balaban J connectivity index is 1.79. The van der Waals surface area contributed by atoms with Crippen molar-refractivity contribution in [3.05, 3.63) is 64.1 Å². The molecule has 0 bridgehead atoms. The van der Waals surface area contributed by atoms with Crippen molar-refractivity contribution in [1.82, 2.24) is 0 Å². The molecule has 1 saturated heterocycles. The van der Waals surface area contributed by atoms with Gasteiger partial charge < -0.3 is 10.1 Å². The van der Waals surface area contributed by atoms with Gasteiger partial charge in [0.05, 0.1) is 12.1 Å². The maximum Gasteiger partial charge on any atom is 0.0896 e. The maximum absolute atomic E-state index is 6.15. The fraction of sp³-hybridized carbons (Fsp3) is 0.333. The highest BCUT2D eigenvalue weighted by molar-refractivity contribution is 9.10. The molecule has 4 rings (SSSR count). The van der Waals surface area contributed by atoms with Crippen LogP contribution < -0.4 is 5.32 Å². The van der Waals surface area contributed by atoms with Gasteiger partial charge in [-0.05, 0) is 36.6 Å². The van der Waals surface area contributed by atoms with E-state index in [9.17, 15) is 0 Å². The van der Waals surface area contributed by atoms with Crippen molar-refractivity contribution in [3.63, 3.8) is 0 Å². The Bertz CT molecular complexity index is 643. The van der Waals surface area contributed by atoms with E-state index in [2.05, 4.69) is 69.8 Å². The summed E-state index contributed by atoms with van der Waals surface area (Å²) >= 11 is 3.58. The molecule has 2 aliphatic heterocycles. The first-order valence-electron chi connectivity index (χ1n) is 7.55. The minimum Gasteiger partial charge on any atom is -0.378 e. The zero-order valence-corrected chi connectivity index (χ0v) is 13.3. The molecule has 2 aliphatic rings. The summed E-state index contributed by atoms with van der Waals surface area (Å²) in [4.78, 5) is 0. The predicted molar refractivity (Wildman–Crippen MR) is 88.4 cm³/mol. The van der Waals surface area contributed by atoms with Gasteiger partial charge in [0.2, 0.25) is 0 Å². The van der Waals surface area contributed by atoms with Gasteiger partial charge in [-0.1, -0.05) is 46.3 Å². The summed E-state index contributed by atoms with van der Waals surface area (Å²) in [5, 5.41) is 3.74. The summed E-state index contributed by atoms with van der Waals surface area (Å²) in [7, 11) is 0. The third-order valence-corrected chi connectivity index (χ3v) is 5.08. The highest BCUT2D eigenvalue weighted by Crippen LogP contribution is 2.49. The summed E-state index contributed by atoms with van der Waals surface area (Å²) in [6, 6.07) is 17.5. The second-order valence-corrected chi connectivity index (χ2v) is 6.78. The van der Waals surface area contributed by atoms with Crippen LogP contribution in [0.25, 0.3) is 0 Å². The highest BCUT2D eigenvalue weighted by Gasteiger charge is 2.39. The Kier molecular flexibility index (Phi) is 3.48. The molecule has 3 atom stereocenters. The minimum atomic E-state index is 0.206. The lowest BCUT2D eigenvalue weighted by Crippen LogP contribution is -2.35. The van der Waals surface area contributed by atoms with E-state index in [-0.39, 0.29) is 6.10 Å². The van der Waals surface area contributed by atoms with E-state index in [4.69, 9.17) is 4.74 Å². The Labute approximate surface area is 133 Å². The molecular formula is C18H18BrNO. The van der Waals surface area contributed by atoms with Gasteiger partial charge in [-0.15, -0.1) is 0 Å². The van der Waals surface area contributed by atoms with E-state index in [1.54, 1.807) is 0 Å². The summed E-state index contributed by atoms with van der Waals surface area (Å²) in [6.45, 7) is 0.870. The van der Waals surface area contributed by atoms with E-state index in [1.165, 1.54) is 23.2 Å². The number of rotatable bonds is 1. The van der Waals surface area contributed by atoms with Crippen LogP contribution in [0.4, 0.5) is 5.69 Å². The number of hydrogen-bond donors (Lipinski definition) is 1. The van der Waals surface area contributed by atoms with Gasteiger partial charge in [0.25, 0.3) is 0 Å². The van der Waals surface area contributed by atoms with Crippen molar-refractivity contribution in [1.29, 1.82) is 0 Å². The predicted octanol–water partition coefficient (Wildman–Crippen LogP) is 5.08. The molecule has 0 amide bonds. The van der Waals surface area contributed by atoms with Crippen LogP contribution in [0.2, 0.25) is 0 Å². The number of hydrogen-bond acceptors (Lipinski definition) is 2. The minimum absolute atomic E-state index is 0.206. The molecular weight excluding hydrogens is 326 g/mol. The number of benzene rings is 2. The van der Waals surface area contributed by atoms with E-state index < -0.39 is 0 Å². The van der Waals surface area contributed by atoms with Crippen molar-refractivity contribution in [2.75, 3.05) is 11.9 Å². The van der Waals surface area contributed by atoms with Gasteiger partial charge in [-0.25, -0.2) is 0 Å². The molecule has 0 radical (unpaired) electrons. The first-order chi connectivity index (χ1) is 10.3. The van der Waals surface area contributed by atoms with Crippen LogP contribution >= 0.6 is 15.9 Å². The molecule has 0 aromatic heterocycles. The van der Waals surface area contributed by atoms with Crippen molar-refractivity contribution in [3.8, 4) is 0 Å². The number of fused-ring (bicyclic) bond motifs is 3. The molecule has 2 aromatic carbocycles. The van der Waals surface area contributed by atoms with Gasteiger partial charge in [-0.3, -0.25) is 0 Å². The first-order valence-corrected chi connectivity index (χ1v) is 8.35. The smallest absolute Gasteiger partial charge is 0.0896 e. The Morgan fingerprint density at radius 3 is 2.81 bits per heavy atom. The summed E-state index contributed by atoms with van der Waals surface area (Å²) in [5.41, 5.74) is 3.85.